The van der Waals surface area contributed by atoms with E-state index in [9.17, 15) is 9.59 Å². The molecule has 0 aromatic heterocycles. The van der Waals surface area contributed by atoms with Gasteiger partial charge in [-0.15, -0.1) is 0 Å². The van der Waals surface area contributed by atoms with Gasteiger partial charge in [0.1, 0.15) is 11.5 Å². The Morgan fingerprint density at radius 2 is 1.81 bits per heavy atom. The van der Waals surface area contributed by atoms with Gasteiger partial charge >= 0.3 is 0 Å². The summed E-state index contributed by atoms with van der Waals surface area (Å²) in [5.74, 6) is 0.376. The van der Waals surface area contributed by atoms with Crippen molar-refractivity contribution in [3.63, 3.8) is 0 Å². The average Bonchev–Trinajstić information content (AvgIpc) is 2.65. The lowest BCUT2D eigenvalue weighted by Crippen LogP contribution is -2.36. The Morgan fingerprint density at radius 1 is 1.11 bits per heavy atom. The maximum Gasteiger partial charge on any atom is 0.271 e. The summed E-state index contributed by atoms with van der Waals surface area (Å²) in [6, 6.07) is 16.8. The number of anilines is 1. The number of benzene rings is 2. The predicted molar refractivity (Wildman–Crippen MR) is 104 cm³/mol. The fourth-order valence-electron chi connectivity index (χ4n) is 2.74. The second kappa shape index (κ2) is 8.49. The molecule has 6 nitrogen and oxygen atoms in total. The molecule has 0 saturated carbocycles. The summed E-state index contributed by atoms with van der Waals surface area (Å²) < 4.78 is 5.59. The fourth-order valence-corrected chi connectivity index (χ4v) is 2.74. The van der Waals surface area contributed by atoms with Crippen molar-refractivity contribution >= 4 is 23.2 Å². The quantitative estimate of drug-likeness (QED) is 0.850. The van der Waals surface area contributed by atoms with Crippen LogP contribution in [0.1, 0.15) is 32.3 Å². The molecule has 3 rings (SSSR count). The van der Waals surface area contributed by atoms with Crippen molar-refractivity contribution in [1.82, 2.24) is 5.01 Å². The molecular formula is C21H23N3O3. The first kappa shape index (κ1) is 18.6. The highest BCUT2D eigenvalue weighted by Gasteiger charge is 2.24. The summed E-state index contributed by atoms with van der Waals surface area (Å²) in [6.45, 7) is 4.27. The molecular weight excluding hydrogens is 342 g/mol. The Morgan fingerprint density at radius 3 is 2.48 bits per heavy atom. The topological polar surface area (TPSA) is 71.0 Å². The van der Waals surface area contributed by atoms with Gasteiger partial charge in [-0.3, -0.25) is 9.59 Å². The fraction of sp³-hybridized carbons (Fsp3) is 0.286. The Kier molecular flexibility index (Phi) is 5.86. The van der Waals surface area contributed by atoms with Crippen molar-refractivity contribution in [1.29, 1.82) is 0 Å². The van der Waals surface area contributed by atoms with Crippen molar-refractivity contribution < 1.29 is 14.3 Å². The molecule has 1 N–H and O–H groups in total. The number of carbonyl (C=O) groups excluding carboxylic acids is 2. The number of carbonyl (C=O) groups is 2. The monoisotopic (exact) mass is 365 g/mol. The van der Waals surface area contributed by atoms with E-state index in [0.29, 0.717) is 24.4 Å². The molecule has 1 aliphatic heterocycles. The molecule has 1 aliphatic rings. The molecule has 1 heterocycles. The number of rotatable bonds is 6. The first-order valence-electron chi connectivity index (χ1n) is 9.01. The number of amides is 2. The molecule has 0 spiro atoms. The number of nitrogens with one attached hydrogen (secondary N) is 1. The van der Waals surface area contributed by atoms with E-state index in [-0.39, 0.29) is 24.3 Å². The van der Waals surface area contributed by atoms with E-state index in [0.717, 1.165) is 11.3 Å². The van der Waals surface area contributed by atoms with Gasteiger partial charge in [0.2, 0.25) is 5.91 Å². The molecule has 0 bridgehead atoms. The third-order valence-electron chi connectivity index (χ3n) is 4.03. The summed E-state index contributed by atoms with van der Waals surface area (Å²) in [6.07, 6.45) is 0.709. The molecule has 2 aromatic carbocycles. The van der Waals surface area contributed by atoms with E-state index >= 15 is 0 Å². The molecule has 0 saturated heterocycles. The molecule has 6 heteroatoms. The molecule has 0 atom stereocenters. The minimum Gasteiger partial charge on any atom is -0.491 e. The molecule has 2 aromatic rings. The van der Waals surface area contributed by atoms with E-state index in [2.05, 4.69) is 10.4 Å². The van der Waals surface area contributed by atoms with Crippen LogP contribution in [-0.2, 0) is 16.1 Å². The summed E-state index contributed by atoms with van der Waals surface area (Å²) in [5, 5.41) is 8.47. The largest absolute Gasteiger partial charge is 0.491 e. The highest BCUT2D eigenvalue weighted by atomic mass is 16.5. The Labute approximate surface area is 158 Å². The average molecular weight is 365 g/mol. The van der Waals surface area contributed by atoms with Crippen molar-refractivity contribution in [3.8, 4) is 5.75 Å². The van der Waals surface area contributed by atoms with E-state index in [1.54, 1.807) is 12.1 Å². The first-order valence-corrected chi connectivity index (χ1v) is 9.01. The second-order valence-electron chi connectivity index (χ2n) is 6.63. The van der Waals surface area contributed by atoms with Crippen molar-refractivity contribution in [2.45, 2.75) is 39.3 Å². The van der Waals surface area contributed by atoms with Crippen molar-refractivity contribution in [2.75, 3.05) is 5.32 Å². The Balaban J connectivity index is 1.66. The van der Waals surface area contributed by atoms with Crippen LogP contribution in [0.5, 0.6) is 5.75 Å². The number of nitrogens with zero attached hydrogens (tertiary/aromatic N) is 2. The van der Waals surface area contributed by atoms with Gasteiger partial charge < -0.3 is 10.1 Å². The molecule has 0 aliphatic carbocycles. The standard InChI is InChI=1S/C21H23N3O3/c1-15(2)27-18-10-8-17(9-11-18)22-21(26)19-12-13-20(25)24(23-19)14-16-6-4-3-5-7-16/h3-11,15H,12-14H2,1-2H3,(H,22,26). The first-order chi connectivity index (χ1) is 13.0. The van der Waals surface area contributed by atoms with Gasteiger partial charge in [-0.05, 0) is 43.7 Å². The van der Waals surface area contributed by atoms with Gasteiger partial charge in [-0.1, -0.05) is 30.3 Å². The molecule has 0 radical (unpaired) electrons. The van der Waals surface area contributed by atoms with E-state index < -0.39 is 0 Å². The molecule has 140 valence electrons. The maximum absolute atomic E-state index is 12.5. The Bertz CT molecular complexity index is 830. The second-order valence-corrected chi connectivity index (χ2v) is 6.63. The number of hydrogen-bond acceptors (Lipinski definition) is 4. The van der Waals surface area contributed by atoms with Crippen LogP contribution in [-0.4, -0.2) is 28.6 Å². The number of hydrogen-bond donors (Lipinski definition) is 1. The highest BCUT2D eigenvalue weighted by Crippen LogP contribution is 2.18. The minimum atomic E-state index is -0.293. The Hall–Kier alpha value is -3.15. The van der Waals surface area contributed by atoms with Crippen LogP contribution in [0.3, 0.4) is 0 Å². The van der Waals surface area contributed by atoms with Crippen LogP contribution in [0.2, 0.25) is 0 Å². The molecule has 2 amide bonds. The van der Waals surface area contributed by atoms with Crippen LogP contribution < -0.4 is 10.1 Å². The van der Waals surface area contributed by atoms with Gasteiger partial charge in [0, 0.05) is 18.5 Å². The zero-order valence-corrected chi connectivity index (χ0v) is 15.5. The van der Waals surface area contributed by atoms with E-state index in [1.807, 2.05) is 56.3 Å². The summed E-state index contributed by atoms with van der Waals surface area (Å²) >= 11 is 0. The van der Waals surface area contributed by atoms with Gasteiger partial charge in [-0.2, -0.15) is 5.10 Å². The number of hydrazone groups is 1. The highest BCUT2D eigenvalue weighted by molar-refractivity contribution is 6.43. The zero-order valence-electron chi connectivity index (χ0n) is 15.5. The van der Waals surface area contributed by atoms with E-state index in [4.69, 9.17) is 4.74 Å². The summed E-state index contributed by atoms with van der Waals surface area (Å²) in [5.41, 5.74) is 1.98. The van der Waals surface area contributed by atoms with Crippen LogP contribution in [0.25, 0.3) is 0 Å². The third kappa shape index (κ3) is 5.17. The number of ether oxygens (including phenoxy) is 1. The molecule has 27 heavy (non-hydrogen) atoms. The van der Waals surface area contributed by atoms with E-state index in [1.165, 1.54) is 5.01 Å². The van der Waals surface area contributed by atoms with Crippen molar-refractivity contribution in [2.24, 2.45) is 5.10 Å². The summed E-state index contributed by atoms with van der Waals surface area (Å²) in [7, 11) is 0. The van der Waals surface area contributed by atoms with Crippen LogP contribution in [0, 0.1) is 0 Å². The van der Waals surface area contributed by atoms with Crippen LogP contribution in [0.4, 0.5) is 5.69 Å². The molecule has 0 unspecified atom stereocenters. The lowest BCUT2D eigenvalue weighted by molar-refractivity contribution is -0.132. The van der Waals surface area contributed by atoms with Crippen molar-refractivity contribution in [3.05, 3.63) is 60.2 Å². The van der Waals surface area contributed by atoms with Gasteiger partial charge in [0.25, 0.3) is 5.91 Å². The van der Waals surface area contributed by atoms with Crippen LogP contribution in [0.15, 0.2) is 59.7 Å². The lowest BCUT2D eigenvalue weighted by Gasteiger charge is -2.23. The minimum absolute atomic E-state index is 0.0782. The third-order valence-corrected chi connectivity index (χ3v) is 4.03. The normalized spacial score (nSPS) is 14.1. The smallest absolute Gasteiger partial charge is 0.271 e. The van der Waals surface area contributed by atoms with Gasteiger partial charge in [0.05, 0.1) is 12.6 Å². The predicted octanol–water partition coefficient (Wildman–Crippen LogP) is 3.59. The SMILES string of the molecule is CC(C)Oc1ccc(NC(=O)C2=NN(Cc3ccccc3)C(=O)CC2)cc1. The van der Waals surface area contributed by atoms with Crippen LogP contribution >= 0.6 is 0 Å². The zero-order chi connectivity index (χ0) is 19.2. The summed E-state index contributed by atoms with van der Waals surface area (Å²) in [4.78, 5) is 24.6. The maximum atomic E-state index is 12.5. The molecule has 0 fully saturated rings. The van der Waals surface area contributed by atoms with Gasteiger partial charge in [0.15, 0.2) is 0 Å². The lowest BCUT2D eigenvalue weighted by atomic mass is 10.1. The van der Waals surface area contributed by atoms with Gasteiger partial charge in [-0.25, -0.2) is 5.01 Å².